The Kier molecular flexibility index (Phi) is 4.93. The molecule has 0 aliphatic carbocycles. The molecule has 5 nitrogen and oxygen atoms in total. The highest BCUT2D eigenvalue weighted by Gasteiger charge is 2.23. The summed E-state index contributed by atoms with van der Waals surface area (Å²) >= 11 is 0. The number of hydrogen-bond donors (Lipinski definition) is 2. The molecule has 0 aliphatic heterocycles. The first-order chi connectivity index (χ1) is 10.3. The van der Waals surface area contributed by atoms with E-state index in [9.17, 15) is 4.21 Å². The number of nitrogen functional groups attached to an aromatic ring is 1. The predicted molar refractivity (Wildman–Crippen MR) is 91.3 cm³/mol. The van der Waals surface area contributed by atoms with Crippen molar-refractivity contribution in [1.82, 2.24) is 14.7 Å². The van der Waals surface area contributed by atoms with Gasteiger partial charge in [0.05, 0.1) is 21.4 Å². The van der Waals surface area contributed by atoms with Crippen LogP contribution in [-0.4, -0.2) is 18.9 Å². The van der Waals surface area contributed by atoms with Gasteiger partial charge in [-0.3, -0.25) is 4.98 Å². The fraction of sp³-hybridized carbons (Fsp3) is 0.375. The van der Waals surface area contributed by atoms with E-state index >= 15 is 0 Å². The highest BCUT2D eigenvalue weighted by atomic mass is 32.2. The van der Waals surface area contributed by atoms with Gasteiger partial charge in [0.2, 0.25) is 0 Å². The fourth-order valence-electron chi connectivity index (χ4n) is 1.98. The van der Waals surface area contributed by atoms with Gasteiger partial charge >= 0.3 is 0 Å². The Labute approximate surface area is 134 Å². The lowest BCUT2D eigenvalue weighted by atomic mass is 10.0. The summed E-state index contributed by atoms with van der Waals surface area (Å²) in [7, 11) is -1.17. The third kappa shape index (κ3) is 3.90. The summed E-state index contributed by atoms with van der Waals surface area (Å²) in [6.07, 6.45) is 3.45. The van der Waals surface area contributed by atoms with Gasteiger partial charge in [-0.25, -0.2) is 13.9 Å². The van der Waals surface area contributed by atoms with Crippen molar-refractivity contribution in [1.29, 1.82) is 0 Å². The highest BCUT2D eigenvalue weighted by Crippen LogP contribution is 2.28. The molecule has 2 aromatic rings. The lowest BCUT2D eigenvalue weighted by Crippen LogP contribution is -2.35. The second kappa shape index (κ2) is 6.54. The summed E-state index contributed by atoms with van der Waals surface area (Å²) in [4.78, 5) is 8.53. The second-order valence-corrected chi connectivity index (χ2v) is 8.13. The van der Waals surface area contributed by atoms with Gasteiger partial charge in [0.25, 0.3) is 0 Å². The maximum Gasteiger partial charge on any atom is 0.123 e. The van der Waals surface area contributed by atoms with Crippen LogP contribution in [0.1, 0.15) is 39.3 Å². The molecule has 2 heterocycles. The van der Waals surface area contributed by atoms with Crippen LogP contribution in [0.25, 0.3) is 11.3 Å². The van der Waals surface area contributed by atoms with Crippen molar-refractivity contribution in [3.05, 3.63) is 42.2 Å². The Balaban J connectivity index is 2.38. The molecule has 2 aromatic heterocycles. The van der Waals surface area contributed by atoms with Crippen LogP contribution in [0, 0.1) is 0 Å². The van der Waals surface area contributed by atoms with Crippen molar-refractivity contribution in [3.8, 4) is 11.3 Å². The van der Waals surface area contributed by atoms with Gasteiger partial charge in [-0.1, -0.05) is 6.07 Å². The smallest absolute Gasteiger partial charge is 0.123 e. The minimum atomic E-state index is -1.17. The van der Waals surface area contributed by atoms with Crippen LogP contribution in [0.15, 0.2) is 36.7 Å². The van der Waals surface area contributed by atoms with E-state index in [1.165, 1.54) is 0 Å². The molecule has 0 radical (unpaired) electrons. The van der Waals surface area contributed by atoms with Gasteiger partial charge in [-0.05, 0) is 51.5 Å². The van der Waals surface area contributed by atoms with Gasteiger partial charge in [0, 0.05) is 24.0 Å². The molecule has 2 rings (SSSR count). The largest absolute Gasteiger partial charge is 0.384 e. The lowest BCUT2D eigenvalue weighted by molar-refractivity contribution is 0.616. The van der Waals surface area contributed by atoms with E-state index in [0.717, 1.165) is 16.8 Å². The number of hydrogen-bond acceptors (Lipinski definition) is 4. The zero-order valence-corrected chi connectivity index (χ0v) is 14.1. The van der Waals surface area contributed by atoms with Gasteiger partial charge in [-0.15, -0.1) is 0 Å². The van der Waals surface area contributed by atoms with Crippen LogP contribution in [0.3, 0.4) is 0 Å². The molecule has 3 N–H and O–H groups in total. The highest BCUT2D eigenvalue weighted by molar-refractivity contribution is 7.84. The first-order valence-electron chi connectivity index (χ1n) is 7.14. The van der Waals surface area contributed by atoms with E-state index < -0.39 is 11.0 Å². The van der Waals surface area contributed by atoms with Gasteiger partial charge in [0.1, 0.15) is 5.82 Å². The van der Waals surface area contributed by atoms with Crippen molar-refractivity contribution in [2.75, 3.05) is 5.73 Å². The van der Waals surface area contributed by atoms with Crippen molar-refractivity contribution >= 4 is 16.8 Å². The Morgan fingerprint density at radius 2 is 2.00 bits per heavy atom. The van der Waals surface area contributed by atoms with Gasteiger partial charge in [-0.2, -0.15) is 0 Å². The van der Waals surface area contributed by atoms with E-state index in [1.807, 2.05) is 52.0 Å². The molecule has 0 fully saturated rings. The number of pyridine rings is 2. The minimum absolute atomic E-state index is 0.137. The number of nitrogens with zero attached hydrogens (tertiary/aromatic N) is 2. The summed E-state index contributed by atoms with van der Waals surface area (Å²) in [5, 5.41) is 0. The molecule has 118 valence electrons. The van der Waals surface area contributed by atoms with Crippen LogP contribution in [0.4, 0.5) is 5.82 Å². The summed E-state index contributed by atoms with van der Waals surface area (Å²) in [6.45, 7) is 7.76. The number of rotatable bonds is 4. The molecule has 0 aliphatic rings. The number of anilines is 1. The maximum atomic E-state index is 12.3. The molecule has 6 heteroatoms. The molecular weight excluding hydrogens is 296 g/mol. The second-order valence-electron chi connectivity index (χ2n) is 6.13. The van der Waals surface area contributed by atoms with Crippen molar-refractivity contribution in [2.24, 2.45) is 0 Å². The normalized spacial score (nSPS) is 14.5. The monoisotopic (exact) mass is 318 g/mol. The molecule has 2 unspecified atom stereocenters. The molecule has 22 heavy (non-hydrogen) atoms. The quantitative estimate of drug-likeness (QED) is 0.908. The summed E-state index contributed by atoms with van der Waals surface area (Å²) < 4.78 is 15.1. The molecule has 0 bridgehead atoms. The average Bonchev–Trinajstić information content (AvgIpc) is 2.47. The molecule has 0 amide bonds. The van der Waals surface area contributed by atoms with Crippen molar-refractivity contribution < 1.29 is 4.21 Å². The summed E-state index contributed by atoms with van der Waals surface area (Å²) in [5.41, 5.74) is 8.47. The third-order valence-corrected chi connectivity index (χ3v) is 4.88. The van der Waals surface area contributed by atoms with Crippen LogP contribution < -0.4 is 10.5 Å². The topological polar surface area (TPSA) is 80.9 Å². The van der Waals surface area contributed by atoms with E-state index in [-0.39, 0.29) is 10.8 Å². The molecule has 0 spiro atoms. The first-order valence-corrected chi connectivity index (χ1v) is 8.29. The van der Waals surface area contributed by atoms with Crippen molar-refractivity contribution in [3.63, 3.8) is 0 Å². The average molecular weight is 318 g/mol. The van der Waals surface area contributed by atoms with Gasteiger partial charge in [0.15, 0.2) is 0 Å². The van der Waals surface area contributed by atoms with Crippen LogP contribution >= 0.6 is 0 Å². The minimum Gasteiger partial charge on any atom is -0.384 e. The van der Waals surface area contributed by atoms with Crippen LogP contribution in [0.5, 0.6) is 0 Å². The lowest BCUT2D eigenvalue weighted by Gasteiger charge is -2.23. The SMILES string of the molecule is CC(NS(=O)C(C)(C)C)c1cc(N)ncc1-c1ccccn1. The Bertz CT molecular complexity index is 668. The zero-order chi connectivity index (χ0) is 16.3. The first kappa shape index (κ1) is 16.6. The van der Waals surface area contributed by atoms with E-state index in [0.29, 0.717) is 5.82 Å². The summed E-state index contributed by atoms with van der Waals surface area (Å²) in [5.74, 6) is 0.435. The Morgan fingerprint density at radius 1 is 1.27 bits per heavy atom. The number of nitrogens with two attached hydrogens (primary N) is 1. The number of aromatic nitrogens is 2. The molecule has 0 saturated heterocycles. The maximum absolute atomic E-state index is 12.3. The van der Waals surface area contributed by atoms with E-state index in [1.54, 1.807) is 12.4 Å². The van der Waals surface area contributed by atoms with E-state index in [2.05, 4.69) is 14.7 Å². The predicted octanol–water partition coefficient (Wildman–Crippen LogP) is 2.84. The standard InChI is InChI=1S/C16H22N4OS/c1-11(20-22(21)16(2,3)4)12-9-15(17)19-10-13(12)14-7-5-6-8-18-14/h5-11,20H,1-4H3,(H2,17,19). The zero-order valence-electron chi connectivity index (χ0n) is 13.3. The fourth-order valence-corrected chi connectivity index (χ4v) is 2.78. The third-order valence-electron chi connectivity index (χ3n) is 3.20. The van der Waals surface area contributed by atoms with Crippen LogP contribution in [0.2, 0.25) is 0 Å². The number of nitrogens with one attached hydrogen (secondary N) is 1. The Hall–Kier alpha value is -1.79. The molecule has 0 aromatic carbocycles. The molecular formula is C16H22N4OS. The van der Waals surface area contributed by atoms with Gasteiger partial charge < -0.3 is 5.73 Å². The van der Waals surface area contributed by atoms with E-state index in [4.69, 9.17) is 5.73 Å². The molecule has 2 atom stereocenters. The van der Waals surface area contributed by atoms with Crippen molar-refractivity contribution in [2.45, 2.75) is 38.5 Å². The van der Waals surface area contributed by atoms with Crippen LogP contribution in [-0.2, 0) is 11.0 Å². The Morgan fingerprint density at radius 3 is 2.59 bits per heavy atom. The summed E-state index contributed by atoms with van der Waals surface area (Å²) in [6, 6.07) is 7.38. The molecule has 0 saturated carbocycles.